The summed E-state index contributed by atoms with van der Waals surface area (Å²) in [6.07, 6.45) is 3.17. The molecular formula is C20H17NO3. The molecule has 1 heterocycles. The van der Waals surface area contributed by atoms with E-state index in [1.165, 1.54) is 6.08 Å². The molecule has 0 saturated heterocycles. The van der Waals surface area contributed by atoms with Gasteiger partial charge in [-0.3, -0.25) is 14.2 Å². The molecule has 3 aromatic rings. The molecule has 0 unspecified atom stereocenters. The molecule has 0 fully saturated rings. The number of hydrogen-bond acceptors (Lipinski definition) is 2. The molecule has 0 aliphatic carbocycles. The summed E-state index contributed by atoms with van der Waals surface area (Å²) in [6, 6.07) is 16.9. The molecule has 1 N–H and O–H groups in total. The van der Waals surface area contributed by atoms with Crippen LogP contribution in [0.2, 0.25) is 0 Å². The van der Waals surface area contributed by atoms with Crippen molar-refractivity contribution in [3.05, 3.63) is 77.5 Å². The summed E-state index contributed by atoms with van der Waals surface area (Å²) in [5.41, 5.74) is 3.01. The quantitative estimate of drug-likeness (QED) is 0.741. The van der Waals surface area contributed by atoms with Crippen molar-refractivity contribution in [1.29, 1.82) is 0 Å². The number of hydrogen-bond donors (Lipinski definition) is 1. The van der Waals surface area contributed by atoms with Crippen LogP contribution in [0.4, 0.5) is 0 Å². The van der Waals surface area contributed by atoms with E-state index in [-0.39, 0.29) is 12.3 Å². The Kier molecular flexibility index (Phi) is 4.29. The van der Waals surface area contributed by atoms with Crippen molar-refractivity contribution in [2.75, 3.05) is 0 Å². The second kappa shape index (κ2) is 6.54. The number of aromatic nitrogens is 1. The number of carboxylic acid groups (broad SMARTS) is 1. The Morgan fingerprint density at radius 2 is 1.71 bits per heavy atom. The van der Waals surface area contributed by atoms with Gasteiger partial charge in [0, 0.05) is 17.2 Å². The van der Waals surface area contributed by atoms with E-state index < -0.39 is 5.97 Å². The van der Waals surface area contributed by atoms with Gasteiger partial charge >= 0.3 is 5.97 Å². The molecule has 0 amide bonds. The first-order valence-electron chi connectivity index (χ1n) is 7.66. The maximum atomic E-state index is 12.7. The minimum absolute atomic E-state index is 0.102. The smallest absolute Gasteiger partial charge is 0.307 e. The molecule has 3 rings (SSSR count). The molecule has 2 aromatic carbocycles. The van der Waals surface area contributed by atoms with Crippen LogP contribution >= 0.6 is 0 Å². The number of carbonyl (C=O) groups excluding carboxylic acids is 1. The number of aliphatic carboxylic acids is 1. The van der Waals surface area contributed by atoms with Gasteiger partial charge in [0.2, 0.25) is 0 Å². The van der Waals surface area contributed by atoms with Crippen molar-refractivity contribution in [3.63, 3.8) is 0 Å². The second-order valence-corrected chi connectivity index (χ2v) is 5.57. The van der Waals surface area contributed by atoms with Crippen LogP contribution in [0.15, 0.2) is 60.7 Å². The highest BCUT2D eigenvalue weighted by atomic mass is 16.4. The number of allylic oxidation sites excluding steroid dienone is 1. The molecule has 1 aromatic heterocycles. The Morgan fingerprint density at radius 1 is 1.04 bits per heavy atom. The van der Waals surface area contributed by atoms with Crippen LogP contribution in [0.25, 0.3) is 17.0 Å². The zero-order valence-electron chi connectivity index (χ0n) is 13.3. The summed E-state index contributed by atoms with van der Waals surface area (Å²) in [4.78, 5) is 23.8. The van der Waals surface area contributed by atoms with Gasteiger partial charge in [0.05, 0.1) is 11.9 Å². The van der Waals surface area contributed by atoms with E-state index in [0.717, 1.165) is 16.5 Å². The lowest BCUT2D eigenvalue weighted by Crippen LogP contribution is -2.10. The Labute approximate surface area is 139 Å². The van der Waals surface area contributed by atoms with E-state index >= 15 is 0 Å². The van der Waals surface area contributed by atoms with Crippen molar-refractivity contribution in [1.82, 2.24) is 4.57 Å². The zero-order chi connectivity index (χ0) is 17.1. The second-order valence-electron chi connectivity index (χ2n) is 5.57. The number of carbonyl (C=O) groups is 2. The van der Waals surface area contributed by atoms with Crippen molar-refractivity contribution in [2.24, 2.45) is 0 Å². The highest BCUT2D eigenvalue weighted by molar-refractivity contribution is 6.03. The maximum absolute atomic E-state index is 12.7. The predicted octanol–water partition coefficient (Wildman–Crippen LogP) is 3.93. The van der Waals surface area contributed by atoms with Gasteiger partial charge in [-0.2, -0.15) is 0 Å². The first kappa shape index (κ1) is 15.7. The van der Waals surface area contributed by atoms with Gasteiger partial charge in [0.15, 0.2) is 0 Å². The van der Waals surface area contributed by atoms with Gasteiger partial charge in [-0.15, -0.1) is 0 Å². The molecule has 4 nitrogen and oxygen atoms in total. The normalized spacial score (nSPS) is 11.2. The molecule has 0 atom stereocenters. The molecule has 0 spiro atoms. The van der Waals surface area contributed by atoms with Gasteiger partial charge in [0.25, 0.3) is 5.91 Å². The van der Waals surface area contributed by atoms with E-state index in [4.69, 9.17) is 5.11 Å². The lowest BCUT2D eigenvalue weighted by Gasteiger charge is -2.04. The van der Waals surface area contributed by atoms with Gasteiger partial charge in [-0.1, -0.05) is 48.5 Å². The van der Waals surface area contributed by atoms with Crippen molar-refractivity contribution < 1.29 is 14.7 Å². The Morgan fingerprint density at radius 3 is 2.42 bits per heavy atom. The minimum Gasteiger partial charge on any atom is -0.481 e. The summed E-state index contributed by atoms with van der Waals surface area (Å²) in [6.45, 7) is 1.78. The fourth-order valence-corrected chi connectivity index (χ4v) is 2.90. The van der Waals surface area contributed by atoms with Crippen LogP contribution in [0.1, 0.15) is 21.6 Å². The number of benzene rings is 2. The largest absolute Gasteiger partial charge is 0.481 e. The molecule has 0 aliphatic heterocycles. The zero-order valence-corrected chi connectivity index (χ0v) is 13.3. The maximum Gasteiger partial charge on any atom is 0.307 e. The molecule has 24 heavy (non-hydrogen) atoms. The summed E-state index contributed by atoms with van der Waals surface area (Å²) < 4.78 is 1.58. The fourth-order valence-electron chi connectivity index (χ4n) is 2.90. The van der Waals surface area contributed by atoms with E-state index in [1.807, 2.05) is 54.6 Å². The number of fused-ring (bicyclic) bond motifs is 1. The van der Waals surface area contributed by atoms with Crippen molar-refractivity contribution in [2.45, 2.75) is 13.3 Å². The molecule has 4 heteroatoms. The highest BCUT2D eigenvalue weighted by Crippen LogP contribution is 2.26. The van der Waals surface area contributed by atoms with E-state index in [0.29, 0.717) is 11.3 Å². The molecular weight excluding hydrogens is 302 g/mol. The average molecular weight is 319 g/mol. The lowest BCUT2D eigenvalue weighted by atomic mass is 10.1. The minimum atomic E-state index is -0.909. The van der Waals surface area contributed by atoms with E-state index in [2.05, 4.69) is 0 Å². The third-order valence-electron chi connectivity index (χ3n) is 4.01. The molecule has 120 valence electrons. The van der Waals surface area contributed by atoms with Crippen LogP contribution < -0.4 is 0 Å². The van der Waals surface area contributed by atoms with E-state index in [9.17, 15) is 9.59 Å². The summed E-state index contributed by atoms with van der Waals surface area (Å²) in [5, 5.41) is 9.95. The Bertz CT molecular complexity index is 936. The topological polar surface area (TPSA) is 59.3 Å². The van der Waals surface area contributed by atoms with Crippen molar-refractivity contribution >= 4 is 28.9 Å². The molecule has 0 bridgehead atoms. The van der Waals surface area contributed by atoms with Gasteiger partial charge in [0.1, 0.15) is 0 Å². The van der Waals surface area contributed by atoms with Crippen molar-refractivity contribution in [3.8, 4) is 0 Å². The summed E-state index contributed by atoms with van der Waals surface area (Å²) >= 11 is 0. The van der Waals surface area contributed by atoms with E-state index in [1.54, 1.807) is 17.6 Å². The molecule has 0 aliphatic rings. The number of para-hydroxylation sites is 1. The average Bonchev–Trinajstić information content (AvgIpc) is 2.86. The summed E-state index contributed by atoms with van der Waals surface area (Å²) in [7, 11) is 0. The molecule has 0 radical (unpaired) electrons. The number of nitrogens with zero attached hydrogens (tertiary/aromatic N) is 1. The summed E-state index contributed by atoms with van der Waals surface area (Å²) in [5.74, 6) is -1.10. The fraction of sp³-hybridized carbons (Fsp3) is 0.100. The highest BCUT2D eigenvalue weighted by Gasteiger charge is 2.18. The van der Waals surface area contributed by atoms with Crippen LogP contribution in [0.5, 0.6) is 0 Å². The Hall–Kier alpha value is -3.14. The monoisotopic (exact) mass is 319 g/mol. The SMILES string of the molecule is Cc1c(CC(=O)O)c2ccccc2n1C(=O)C=Cc1ccccc1. The van der Waals surface area contributed by atoms with Crippen LogP contribution in [0, 0.1) is 6.92 Å². The third kappa shape index (κ3) is 2.99. The first-order chi connectivity index (χ1) is 11.6. The van der Waals surface area contributed by atoms with Crippen LogP contribution in [0.3, 0.4) is 0 Å². The van der Waals surface area contributed by atoms with Crippen LogP contribution in [-0.2, 0) is 11.2 Å². The first-order valence-corrected chi connectivity index (χ1v) is 7.66. The lowest BCUT2D eigenvalue weighted by molar-refractivity contribution is -0.136. The number of carboxylic acids is 1. The molecule has 0 saturated carbocycles. The van der Waals surface area contributed by atoms with Gasteiger partial charge in [-0.25, -0.2) is 0 Å². The van der Waals surface area contributed by atoms with Gasteiger partial charge < -0.3 is 5.11 Å². The number of rotatable bonds is 4. The standard InChI is InChI=1S/C20H17NO3/c1-14-17(13-20(23)24)16-9-5-6-10-18(16)21(14)19(22)12-11-15-7-3-2-4-8-15/h2-12H,13H2,1H3,(H,23,24). The van der Waals surface area contributed by atoms with Crippen LogP contribution in [-0.4, -0.2) is 21.6 Å². The third-order valence-corrected chi connectivity index (χ3v) is 4.01. The Balaban J connectivity index is 2.05. The van der Waals surface area contributed by atoms with Gasteiger partial charge in [-0.05, 0) is 30.2 Å². The predicted molar refractivity (Wildman–Crippen MR) is 94.1 cm³/mol.